The molecule has 0 fully saturated rings. The van der Waals surface area contributed by atoms with E-state index < -0.39 is 23.8 Å². The largest absolute Gasteiger partial charge is 0.480 e. The Hall–Kier alpha value is -3.81. The summed E-state index contributed by atoms with van der Waals surface area (Å²) < 4.78 is 44.5. The summed E-state index contributed by atoms with van der Waals surface area (Å²) in [5.74, 6) is -0.376. The van der Waals surface area contributed by atoms with Crippen LogP contribution in [0.3, 0.4) is 0 Å². The van der Waals surface area contributed by atoms with Gasteiger partial charge in [0.25, 0.3) is 11.8 Å². The van der Waals surface area contributed by atoms with E-state index in [0.29, 0.717) is 17.9 Å². The van der Waals surface area contributed by atoms with Crippen LogP contribution in [0.4, 0.5) is 24.5 Å². The van der Waals surface area contributed by atoms with Crippen molar-refractivity contribution in [2.75, 3.05) is 10.6 Å². The van der Waals surface area contributed by atoms with Gasteiger partial charge >= 0.3 is 6.18 Å². The molecule has 0 saturated carbocycles. The number of carbonyl (C=O) groups excluding carboxylic acids is 2. The average molecular weight is 456 g/mol. The third-order valence-corrected chi connectivity index (χ3v) is 4.87. The molecule has 0 aliphatic rings. The molecule has 8 heteroatoms. The molecule has 0 heterocycles. The smallest absolute Gasteiger partial charge is 0.416 e. The first-order valence-corrected chi connectivity index (χ1v) is 10.3. The van der Waals surface area contributed by atoms with Gasteiger partial charge in [0.15, 0.2) is 6.10 Å². The van der Waals surface area contributed by atoms with Gasteiger partial charge in [-0.25, -0.2) is 0 Å². The highest BCUT2D eigenvalue weighted by molar-refractivity contribution is 6.05. The highest BCUT2D eigenvalue weighted by atomic mass is 19.4. The number of aryl methyl sites for hydroxylation is 1. The van der Waals surface area contributed by atoms with Crippen LogP contribution in [0, 0.1) is 6.92 Å². The number of hydrogen-bond donors (Lipinski definition) is 2. The number of nitrogens with one attached hydrogen (secondary N) is 2. The van der Waals surface area contributed by atoms with Gasteiger partial charge in [-0.15, -0.1) is 0 Å². The summed E-state index contributed by atoms with van der Waals surface area (Å²) in [6, 6.07) is 17.9. The third kappa shape index (κ3) is 6.35. The summed E-state index contributed by atoms with van der Waals surface area (Å²) in [5, 5.41) is 5.18. The van der Waals surface area contributed by atoms with E-state index in [1.54, 1.807) is 18.2 Å². The second kappa shape index (κ2) is 10.2. The fourth-order valence-electron chi connectivity index (χ4n) is 3.10. The molecule has 0 aliphatic heterocycles. The van der Waals surface area contributed by atoms with Gasteiger partial charge in [0, 0.05) is 16.9 Å². The molecule has 3 aromatic rings. The SMILES string of the molecule is CCC(Oc1ccccc1C)C(=O)Nc1cccc(C(=O)Nc2cccc(C(F)(F)F)c2)c1. The lowest BCUT2D eigenvalue weighted by molar-refractivity contribution is -0.137. The number of anilines is 2. The second-order valence-corrected chi connectivity index (χ2v) is 7.38. The summed E-state index contributed by atoms with van der Waals surface area (Å²) in [6.45, 7) is 3.70. The summed E-state index contributed by atoms with van der Waals surface area (Å²) in [6.07, 6.45) is -4.83. The Labute approximate surface area is 189 Å². The molecule has 172 valence electrons. The van der Waals surface area contributed by atoms with Crippen LogP contribution in [-0.2, 0) is 11.0 Å². The number of rotatable bonds is 7. The minimum absolute atomic E-state index is 0.0157. The van der Waals surface area contributed by atoms with Gasteiger partial charge in [-0.3, -0.25) is 9.59 Å². The molecule has 2 amide bonds. The Kier molecular flexibility index (Phi) is 7.37. The summed E-state index contributed by atoms with van der Waals surface area (Å²) in [7, 11) is 0. The fraction of sp³-hybridized carbons (Fsp3) is 0.200. The molecule has 5 nitrogen and oxygen atoms in total. The van der Waals surface area contributed by atoms with E-state index >= 15 is 0 Å². The maximum absolute atomic E-state index is 12.9. The van der Waals surface area contributed by atoms with Gasteiger partial charge in [0.05, 0.1) is 5.56 Å². The number of hydrogen-bond acceptors (Lipinski definition) is 3. The number of halogens is 3. The minimum Gasteiger partial charge on any atom is -0.480 e. The summed E-state index contributed by atoms with van der Waals surface area (Å²) in [4.78, 5) is 25.3. The molecule has 0 spiro atoms. The maximum Gasteiger partial charge on any atom is 0.416 e. The van der Waals surface area contributed by atoms with E-state index in [2.05, 4.69) is 10.6 Å². The lowest BCUT2D eigenvalue weighted by Gasteiger charge is -2.18. The van der Waals surface area contributed by atoms with Crippen LogP contribution in [-0.4, -0.2) is 17.9 Å². The molecule has 2 N–H and O–H groups in total. The van der Waals surface area contributed by atoms with Crippen molar-refractivity contribution >= 4 is 23.2 Å². The van der Waals surface area contributed by atoms with E-state index in [9.17, 15) is 22.8 Å². The summed E-state index contributed by atoms with van der Waals surface area (Å²) in [5.41, 5.74) is 0.598. The van der Waals surface area contributed by atoms with Crippen LogP contribution in [0.1, 0.15) is 34.8 Å². The molecule has 0 saturated heterocycles. The first-order valence-electron chi connectivity index (χ1n) is 10.3. The molecule has 0 aromatic heterocycles. The van der Waals surface area contributed by atoms with Crippen LogP contribution >= 0.6 is 0 Å². The molecule has 3 aromatic carbocycles. The molecule has 0 aliphatic carbocycles. The predicted molar refractivity (Wildman–Crippen MR) is 120 cm³/mol. The van der Waals surface area contributed by atoms with E-state index in [0.717, 1.165) is 17.7 Å². The Morgan fingerprint density at radius 1 is 0.909 bits per heavy atom. The number of carbonyl (C=O) groups is 2. The zero-order valence-corrected chi connectivity index (χ0v) is 18.1. The lowest BCUT2D eigenvalue weighted by Crippen LogP contribution is -2.32. The third-order valence-electron chi connectivity index (χ3n) is 4.87. The number of para-hydroxylation sites is 1. The zero-order chi connectivity index (χ0) is 24.0. The molecule has 3 rings (SSSR count). The normalized spacial score (nSPS) is 12.0. The second-order valence-electron chi connectivity index (χ2n) is 7.38. The van der Waals surface area contributed by atoms with Gasteiger partial charge in [-0.2, -0.15) is 13.2 Å². The fourth-order valence-corrected chi connectivity index (χ4v) is 3.10. The standard InChI is InChI=1S/C25H23F3N2O3/c1-3-21(33-22-13-5-4-8-16(22)2)24(32)30-19-11-6-9-17(14-19)23(31)29-20-12-7-10-18(15-20)25(26,27)28/h4-15,21H,3H2,1-2H3,(H,29,31)(H,30,32). The van der Waals surface area contributed by atoms with Gasteiger partial charge in [-0.05, 0) is 61.4 Å². The molecule has 1 atom stereocenters. The zero-order valence-electron chi connectivity index (χ0n) is 18.1. The van der Waals surface area contributed by atoms with Gasteiger partial charge in [0.2, 0.25) is 0 Å². The van der Waals surface area contributed by atoms with Crippen molar-refractivity contribution in [3.05, 3.63) is 89.5 Å². The highest BCUT2D eigenvalue weighted by Crippen LogP contribution is 2.30. The Balaban J connectivity index is 1.69. The van der Waals surface area contributed by atoms with Crippen molar-refractivity contribution in [3.63, 3.8) is 0 Å². The van der Waals surface area contributed by atoms with Gasteiger partial charge in [0.1, 0.15) is 5.75 Å². The van der Waals surface area contributed by atoms with E-state index in [1.165, 1.54) is 24.3 Å². The number of ether oxygens (including phenoxy) is 1. The minimum atomic E-state index is -4.51. The molecule has 0 radical (unpaired) electrons. The van der Waals surface area contributed by atoms with Crippen LogP contribution < -0.4 is 15.4 Å². The van der Waals surface area contributed by atoms with E-state index in [1.807, 2.05) is 32.0 Å². The maximum atomic E-state index is 12.9. The van der Waals surface area contributed by atoms with Crippen molar-refractivity contribution in [3.8, 4) is 5.75 Å². The number of benzene rings is 3. The van der Waals surface area contributed by atoms with Crippen LogP contribution in [0.25, 0.3) is 0 Å². The van der Waals surface area contributed by atoms with E-state index in [-0.39, 0.29) is 17.2 Å². The Morgan fingerprint density at radius 2 is 1.58 bits per heavy atom. The molecule has 0 bridgehead atoms. The molecule has 1 unspecified atom stereocenters. The Bertz CT molecular complexity index is 1150. The first-order chi connectivity index (χ1) is 15.7. The van der Waals surface area contributed by atoms with Crippen molar-refractivity contribution in [2.24, 2.45) is 0 Å². The Morgan fingerprint density at radius 3 is 2.24 bits per heavy atom. The van der Waals surface area contributed by atoms with Crippen molar-refractivity contribution < 1.29 is 27.5 Å². The lowest BCUT2D eigenvalue weighted by atomic mass is 10.1. The molecule has 33 heavy (non-hydrogen) atoms. The van der Waals surface area contributed by atoms with Crippen LogP contribution in [0.15, 0.2) is 72.8 Å². The predicted octanol–water partition coefficient (Wildman–Crippen LogP) is 6.06. The number of alkyl halides is 3. The van der Waals surface area contributed by atoms with Crippen molar-refractivity contribution in [2.45, 2.75) is 32.5 Å². The summed E-state index contributed by atoms with van der Waals surface area (Å²) >= 11 is 0. The molecular weight excluding hydrogens is 433 g/mol. The van der Waals surface area contributed by atoms with E-state index in [4.69, 9.17) is 4.74 Å². The topological polar surface area (TPSA) is 67.4 Å². The van der Waals surface area contributed by atoms with Crippen molar-refractivity contribution in [1.82, 2.24) is 0 Å². The first kappa shape index (κ1) is 23.8. The van der Waals surface area contributed by atoms with Gasteiger partial charge in [-0.1, -0.05) is 37.3 Å². The average Bonchev–Trinajstić information content (AvgIpc) is 2.78. The molecular formula is C25H23F3N2O3. The highest BCUT2D eigenvalue weighted by Gasteiger charge is 2.30. The number of amides is 2. The quantitative estimate of drug-likeness (QED) is 0.454. The van der Waals surface area contributed by atoms with Crippen LogP contribution in [0.2, 0.25) is 0 Å². The van der Waals surface area contributed by atoms with Gasteiger partial charge < -0.3 is 15.4 Å². The monoisotopic (exact) mass is 456 g/mol. The van der Waals surface area contributed by atoms with Crippen molar-refractivity contribution in [1.29, 1.82) is 0 Å². The van der Waals surface area contributed by atoms with Crippen LogP contribution in [0.5, 0.6) is 5.75 Å².